The van der Waals surface area contributed by atoms with Crippen molar-refractivity contribution in [2.75, 3.05) is 13.7 Å². The molecule has 0 unspecified atom stereocenters. The lowest BCUT2D eigenvalue weighted by Gasteiger charge is -2.15. The van der Waals surface area contributed by atoms with E-state index in [4.69, 9.17) is 9.47 Å². The summed E-state index contributed by atoms with van der Waals surface area (Å²) in [6, 6.07) is 12.6. The molecule has 2 rings (SSSR count). The topological polar surface area (TPSA) is 18.5 Å². The van der Waals surface area contributed by atoms with Gasteiger partial charge < -0.3 is 9.47 Å². The Morgan fingerprint density at radius 2 is 1.69 bits per heavy atom. The Morgan fingerprint density at radius 1 is 0.962 bits per heavy atom. The Labute approximate surface area is 157 Å². The van der Waals surface area contributed by atoms with Crippen LogP contribution in [0.1, 0.15) is 25.0 Å². The highest BCUT2D eigenvalue weighted by Crippen LogP contribution is 2.34. The van der Waals surface area contributed by atoms with E-state index in [0.717, 1.165) is 41.0 Å². The molecule has 0 heterocycles. The Balaban J connectivity index is 2.48. The van der Waals surface area contributed by atoms with E-state index >= 15 is 0 Å². The Bertz CT molecular complexity index is 796. The minimum atomic E-state index is 0.561. The van der Waals surface area contributed by atoms with Crippen LogP contribution < -0.4 is 9.47 Å². The molecule has 0 bridgehead atoms. The highest BCUT2D eigenvalue weighted by atomic mass is 16.5. The molecule has 2 nitrogen and oxygen atoms in total. The van der Waals surface area contributed by atoms with Crippen molar-refractivity contribution in [3.8, 4) is 22.6 Å². The van der Waals surface area contributed by atoms with Gasteiger partial charge in [-0.1, -0.05) is 29.9 Å². The average molecular weight is 348 g/mol. The predicted molar refractivity (Wildman–Crippen MR) is 111 cm³/mol. The number of benzene rings is 2. The third-order valence-electron chi connectivity index (χ3n) is 4.11. The smallest absolute Gasteiger partial charge is 0.127 e. The summed E-state index contributed by atoms with van der Waals surface area (Å²) in [5, 5.41) is 0. The van der Waals surface area contributed by atoms with Crippen LogP contribution in [0.2, 0.25) is 0 Å². The Morgan fingerprint density at radius 3 is 2.35 bits per heavy atom. The number of hydrogen-bond donors (Lipinski definition) is 0. The fourth-order valence-electron chi connectivity index (χ4n) is 2.78. The van der Waals surface area contributed by atoms with E-state index < -0.39 is 0 Å². The lowest BCUT2D eigenvalue weighted by atomic mass is 9.97. The highest BCUT2D eigenvalue weighted by Gasteiger charge is 2.11. The van der Waals surface area contributed by atoms with Gasteiger partial charge in [-0.3, -0.25) is 0 Å². The number of allylic oxidation sites excluding steroid dienone is 3. The molecule has 2 heteroatoms. The summed E-state index contributed by atoms with van der Waals surface area (Å²) in [5.74, 6) is 1.76. The van der Waals surface area contributed by atoms with Gasteiger partial charge in [-0.25, -0.2) is 0 Å². The van der Waals surface area contributed by atoms with Gasteiger partial charge in [0.05, 0.1) is 7.11 Å². The molecule has 0 saturated heterocycles. The van der Waals surface area contributed by atoms with Crippen molar-refractivity contribution < 1.29 is 9.47 Å². The molecule has 26 heavy (non-hydrogen) atoms. The first-order valence-electron chi connectivity index (χ1n) is 8.87. The van der Waals surface area contributed by atoms with E-state index in [-0.39, 0.29) is 0 Å². The largest absolute Gasteiger partial charge is 0.496 e. The van der Waals surface area contributed by atoms with Gasteiger partial charge in [-0.2, -0.15) is 0 Å². The molecule has 0 fully saturated rings. The first-order chi connectivity index (χ1) is 12.6. The lowest BCUT2D eigenvalue weighted by Crippen LogP contribution is -1.98. The minimum absolute atomic E-state index is 0.561. The van der Waals surface area contributed by atoms with Crippen LogP contribution in [0.3, 0.4) is 0 Å². The Hall–Kier alpha value is -2.74. The molecule has 2 aromatic carbocycles. The van der Waals surface area contributed by atoms with Crippen molar-refractivity contribution in [1.82, 2.24) is 0 Å². The fraction of sp³-hybridized carbons (Fsp3) is 0.250. The van der Waals surface area contributed by atoms with Crippen LogP contribution in [0.5, 0.6) is 11.5 Å². The van der Waals surface area contributed by atoms with Crippen molar-refractivity contribution in [2.45, 2.75) is 26.7 Å². The summed E-state index contributed by atoms with van der Waals surface area (Å²) in [6.07, 6.45) is 7.48. The van der Waals surface area contributed by atoms with Crippen molar-refractivity contribution in [3.05, 3.63) is 84.5 Å². The highest BCUT2D eigenvalue weighted by molar-refractivity contribution is 5.73. The molecule has 0 spiro atoms. The fourth-order valence-corrected chi connectivity index (χ4v) is 2.78. The maximum atomic E-state index is 6.04. The minimum Gasteiger partial charge on any atom is -0.496 e. The molecule has 136 valence electrons. The molecule has 0 radical (unpaired) electrons. The van der Waals surface area contributed by atoms with E-state index in [2.05, 4.69) is 57.3 Å². The van der Waals surface area contributed by atoms with Gasteiger partial charge in [-0.15, -0.1) is 13.2 Å². The van der Waals surface area contributed by atoms with Gasteiger partial charge in [0, 0.05) is 5.56 Å². The number of rotatable bonds is 9. The molecule has 0 aliphatic rings. The van der Waals surface area contributed by atoms with Crippen molar-refractivity contribution >= 4 is 0 Å². The maximum Gasteiger partial charge on any atom is 0.127 e. The number of methoxy groups -OCH3 is 1. The second-order valence-electron chi connectivity index (χ2n) is 6.44. The lowest BCUT2D eigenvalue weighted by molar-refractivity contribution is 0.363. The van der Waals surface area contributed by atoms with E-state index in [1.54, 1.807) is 7.11 Å². The van der Waals surface area contributed by atoms with Crippen LogP contribution in [-0.2, 0) is 12.8 Å². The van der Waals surface area contributed by atoms with Crippen LogP contribution in [-0.4, -0.2) is 13.7 Å². The van der Waals surface area contributed by atoms with Gasteiger partial charge in [0.1, 0.15) is 18.1 Å². The van der Waals surface area contributed by atoms with Crippen LogP contribution in [0.4, 0.5) is 0 Å². The SMILES string of the molecule is C=CCc1ccc(OCC=C(C)C)c(-c2ccc(OC)c(CC=C)c2)c1. The van der Waals surface area contributed by atoms with E-state index in [9.17, 15) is 0 Å². The molecule has 2 aromatic rings. The maximum absolute atomic E-state index is 6.04. The van der Waals surface area contributed by atoms with E-state index in [0.29, 0.717) is 6.61 Å². The first kappa shape index (κ1) is 19.6. The van der Waals surface area contributed by atoms with Crippen molar-refractivity contribution in [1.29, 1.82) is 0 Å². The van der Waals surface area contributed by atoms with Crippen molar-refractivity contribution in [2.24, 2.45) is 0 Å². The summed E-state index contributed by atoms with van der Waals surface area (Å²) in [7, 11) is 1.69. The average Bonchev–Trinajstić information content (AvgIpc) is 2.63. The molecule has 0 aliphatic carbocycles. The summed E-state index contributed by atoms with van der Waals surface area (Å²) in [4.78, 5) is 0. The zero-order valence-electron chi connectivity index (χ0n) is 16.0. The van der Waals surface area contributed by atoms with E-state index in [1.165, 1.54) is 11.1 Å². The number of hydrogen-bond acceptors (Lipinski definition) is 2. The second kappa shape index (κ2) is 9.67. The summed E-state index contributed by atoms with van der Waals surface area (Å²) in [6.45, 7) is 12.4. The zero-order chi connectivity index (χ0) is 18.9. The van der Waals surface area contributed by atoms with Gasteiger partial charge in [0.15, 0.2) is 0 Å². The molecular weight excluding hydrogens is 320 g/mol. The molecule has 0 aromatic heterocycles. The standard InChI is InChI=1S/C24H28O2/c1-6-8-19-10-12-24(26-15-14-18(3)4)22(16-19)20-11-13-23(25-5)21(17-20)9-7-2/h6-7,10-14,16-17H,1-2,8-9,15H2,3-5H3. The summed E-state index contributed by atoms with van der Waals surface area (Å²) in [5.41, 5.74) is 5.77. The molecule has 0 atom stereocenters. The van der Waals surface area contributed by atoms with Crippen LogP contribution >= 0.6 is 0 Å². The van der Waals surface area contributed by atoms with Crippen LogP contribution in [0.25, 0.3) is 11.1 Å². The van der Waals surface area contributed by atoms with Gasteiger partial charge >= 0.3 is 0 Å². The molecule has 0 N–H and O–H groups in total. The van der Waals surface area contributed by atoms with Gasteiger partial charge in [-0.05, 0) is 73.7 Å². The van der Waals surface area contributed by atoms with Gasteiger partial charge in [0.2, 0.25) is 0 Å². The second-order valence-corrected chi connectivity index (χ2v) is 6.44. The monoisotopic (exact) mass is 348 g/mol. The summed E-state index contributed by atoms with van der Waals surface area (Å²) >= 11 is 0. The third kappa shape index (κ3) is 5.13. The molecule has 0 saturated carbocycles. The van der Waals surface area contributed by atoms with Crippen LogP contribution in [0.15, 0.2) is 73.4 Å². The van der Waals surface area contributed by atoms with Crippen molar-refractivity contribution in [3.63, 3.8) is 0 Å². The predicted octanol–water partition coefficient (Wildman–Crippen LogP) is 6.16. The molecule has 0 amide bonds. The molecule has 0 aliphatic heterocycles. The Kier molecular flexibility index (Phi) is 7.28. The quantitative estimate of drug-likeness (QED) is 0.505. The third-order valence-corrected chi connectivity index (χ3v) is 4.11. The normalized spacial score (nSPS) is 10.1. The van der Waals surface area contributed by atoms with Gasteiger partial charge in [0.25, 0.3) is 0 Å². The first-order valence-corrected chi connectivity index (χ1v) is 8.87. The number of ether oxygens (including phenoxy) is 2. The van der Waals surface area contributed by atoms with Crippen LogP contribution in [0, 0.1) is 0 Å². The zero-order valence-corrected chi connectivity index (χ0v) is 16.0. The summed E-state index contributed by atoms with van der Waals surface area (Å²) < 4.78 is 11.5. The van der Waals surface area contributed by atoms with E-state index in [1.807, 2.05) is 24.3 Å². The molecular formula is C24H28O2.